The van der Waals surface area contributed by atoms with Gasteiger partial charge in [-0.25, -0.2) is 9.67 Å². The summed E-state index contributed by atoms with van der Waals surface area (Å²) in [7, 11) is 0. The van der Waals surface area contributed by atoms with Crippen LogP contribution in [0.1, 0.15) is 24.2 Å². The standard InChI is InChI=1S/C19H19N5O3S/c1-11-3-5-13(6-4-11)15-7-8-17(26)24(23-15)12(2)18(27)22-19-21-14(10-28-19)9-16(20)25/h3-8,10,12H,9H2,1-2H3,(H2,20,25)(H,21,22,27). The fourth-order valence-corrected chi connectivity index (χ4v) is 3.24. The van der Waals surface area contributed by atoms with Crippen LogP contribution in [0, 0.1) is 6.92 Å². The first-order valence-corrected chi connectivity index (χ1v) is 9.42. The molecule has 0 aliphatic rings. The molecule has 0 radical (unpaired) electrons. The van der Waals surface area contributed by atoms with Crippen molar-refractivity contribution in [2.24, 2.45) is 5.73 Å². The topological polar surface area (TPSA) is 120 Å². The molecular formula is C19H19N5O3S. The molecule has 2 amide bonds. The third kappa shape index (κ3) is 4.49. The lowest BCUT2D eigenvalue weighted by Crippen LogP contribution is -2.33. The van der Waals surface area contributed by atoms with Gasteiger partial charge in [-0.15, -0.1) is 11.3 Å². The number of rotatable bonds is 6. The lowest BCUT2D eigenvalue weighted by Gasteiger charge is -2.14. The van der Waals surface area contributed by atoms with Crippen LogP contribution in [0.15, 0.2) is 46.6 Å². The van der Waals surface area contributed by atoms with Gasteiger partial charge < -0.3 is 11.1 Å². The molecule has 2 heterocycles. The molecule has 0 aliphatic carbocycles. The SMILES string of the molecule is Cc1ccc(-c2ccc(=O)n(C(C)C(=O)Nc3nc(CC(N)=O)cs3)n2)cc1. The van der Waals surface area contributed by atoms with Gasteiger partial charge in [0.05, 0.1) is 17.8 Å². The van der Waals surface area contributed by atoms with Gasteiger partial charge in [0.25, 0.3) is 11.5 Å². The third-order valence-electron chi connectivity index (χ3n) is 4.06. The summed E-state index contributed by atoms with van der Waals surface area (Å²) in [5.74, 6) is -0.934. The highest BCUT2D eigenvalue weighted by atomic mass is 32.1. The van der Waals surface area contributed by atoms with E-state index in [9.17, 15) is 14.4 Å². The zero-order valence-electron chi connectivity index (χ0n) is 15.4. The second-order valence-electron chi connectivity index (χ2n) is 6.32. The molecule has 144 valence electrons. The van der Waals surface area contributed by atoms with Gasteiger partial charge in [-0.2, -0.15) is 5.10 Å². The minimum absolute atomic E-state index is 0.00152. The largest absolute Gasteiger partial charge is 0.369 e. The Morgan fingerprint density at radius 3 is 2.61 bits per heavy atom. The van der Waals surface area contributed by atoms with Crippen LogP contribution in [0.3, 0.4) is 0 Å². The Hall–Kier alpha value is -3.33. The van der Waals surface area contributed by atoms with Gasteiger partial charge in [-0.05, 0) is 19.9 Å². The number of aryl methyl sites for hydroxylation is 1. The molecule has 0 aliphatic heterocycles. The molecule has 1 unspecified atom stereocenters. The number of anilines is 1. The molecule has 0 saturated heterocycles. The molecule has 3 rings (SSSR count). The second kappa shape index (κ2) is 8.13. The summed E-state index contributed by atoms with van der Waals surface area (Å²) in [6.07, 6.45) is 0.00152. The van der Waals surface area contributed by atoms with Crippen molar-refractivity contribution in [3.05, 3.63) is 63.4 Å². The zero-order chi connectivity index (χ0) is 20.3. The molecule has 2 aromatic heterocycles. The fourth-order valence-electron chi connectivity index (χ4n) is 2.53. The maximum atomic E-state index is 12.6. The average molecular weight is 397 g/mol. The average Bonchev–Trinajstić information content (AvgIpc) is 3.08. The maximum Gasteiger partial charge on any atom is 0.267 e. The molecule has 3 aromatic rings. The summed E-state index contributed by atoms with van der Waals surface area (Å²) < 4.78 is 1.14. The highest BCUT2D eigenvalue weighted by Crippen LogP contribution is 2.19. The minimum Gasteiger partial charge on any atom is -0.369 e. The van der Waals surface area contributed by atoms with Gasteiger partial charge in [-0.3, -0.25) is 14.4 Å². The smallest absolute Gasteiger partial charge is 0.267 e. The molecule has 0 saturated carbocycles. The summed E-state index contributed by atoms with van der Waals surface area (Å²) >= 11 is 1.18. The van der Waals surface area contributed by atoms with E-state index in [2.05, 4.69) is 15.4 Å². The van der Waals surface area contributed by atoms with Crippen molar-refractivity contribution in [3.8, 4) is 11.3 Å². The predicted octanol–water partition coefficient (Wildman–Crippen LogP) is 1.90. The molecule has 0 fully saturated rings. The van der Waals surface area contributed by atoms with Gasteiger partial charge >= 0.3 is 0 Å². The number of nitrogens with one attached hydrogen (secondary N) is 1. The lowest BCUT2D eigenvalue weighted by molar-refractivity contribution is -0.119. The number of benzene rings is 1. The highest BCUT2D eigenvalue weighted by molar-refractivity contribution is 7.13. The van der Waals surface area contributed by atoms with Crippen LogP contribution in [0.2, 0.25) is 0 Å². The fraction of sp³-hybridized carbons (Fsp3) is 0.211. The van der Waals surface area contributed by atoms with Crippen molar-refractivity contribution in [2.75, 3.05) is 5.32 Å². The molecule has 28 heavy (non-hydrogen) atoms. The number of amides is 2. The number of carbonyl (C=O) groups excluding carboxylic acids is 2. The van der Waals surface area contributed by atoms with E-state index in [1.165, 1.54) is 17.4 Å². The molecule has 9 heteroatoms. The van der Waals surface area contributed by atoms with Crippen molar-refractivity contribution in [3.63, 3.8) is 0 Å². The van der Waals surface area contributed by atoms with E-state index in [1.807, 2.05) is 31.2 Å². The van der Waals surface area contributed by atoms with Crippen LogP contribution in [-0.4, -0.2) is 26.6 Å². The first-order chi connectivity index (χ1) is 13.3. The van der Waals surface area contributed by atoms with Crippen molar-refractivity contribution >= 4 is 28.3 Å². The molecule has 1 aromatic carbocycles. The van der Waals surface area contributed by atoms with Crippen LogP contribution in [0.25, 0.3) is 11.3 Å². The molecule has 0 bridgehead atoms. The zero-order valence-corrected chi connectivity index (χ0v) is 16.2. The highest BCUT2D eigenvalue weighted by Gasteiger charge is 2.19. The third-order valence-corrected chi connectivity index (χ3v) is 4.86. The van der Waals surface area contributed by atoms with Gasteiger partial charge in [0.2, 0.25) is 5.91 Å². The normalized spacial score (nSPS) is 11.8. The van der Waals surface area contributed by atoms with E-state index in [0.717, 1.165) is 15.8 Å². The number of hydrogen-bond acceptors (Lipinski definition) is 6. The van der Waals surface area contributed by atoms with Gasteiger partial charge in [0.1, 0.15) is 6.04 Å². The lowest BCUT2D eigenvalue weighted by atomic mass is 10.1. The monoisotopic (exact) mass is 397 g/mol. The van der Waals surface area contributed by atoms with Crippen LogP contribution >= 0.6 is 11.3 Å². The van der Waals surface area contributed by atoms with Gasteiger partial charge in [0.15, 0.2) is 5.13 Å². The molecular weight excluding hydrogens is 378 g/mol. The summed E-state index contributed by atoms with van der Waals surface area (Å²) in [4.78, 5) is 39.9. The van der Waals surface area contributed by atoms with Crippen LogP contribution in [-0.2, 0) is 16.0 Å². The van der Waals surface area contributed by atoms with Crippen molar-refractivity contribution in [1.29, 1.82) is 0 Å². The maximum absolute atomic E-state index is 12.6. The number of nitrogens with two attached hydrogens (primary N) is 1. The van der Waals surface area contributed by atoms with Crippen molar-refractivity contribution in [2.45, 2.75) is 26.3 Å². The number of primary amides is 1. The van der Waals surface area contributed by atoms with Gasteiger partial charge in [0, 0.05) is 17.0 Å². The van der Waals surface area contributed by atoms with Crippen molar-refractivity contribution in [1.82, 2.24) is 14.8 Å². The molecule has 3 N–H and O–H groups in total. The van der Waals surface area contributed by atoms with Crippen LogP contribution < -0.4 is 16.6 Å². The number of hydrogen-bond donors (Lipinski definition) is 2. The number of thiazole rings is 1. The number of nitrogens with zero attached hydrogens (tertiary/aromatic N) is 3. The minimum atomic E-state index is -0.846. The van der Waals surface area contributed by atoms with Crippen molar-refractivity contribution < 1.29 is 9.59 Å². The first kappa shape index (κ1) is 19.4. The summed E-state index contributed by atoms with van der Waals surface area (Å²) in [5, 5.41) is 8.96. The van der Waals surface area contributed by atoms with E-state index >= 15 is 0 Å². The van der Waals surface area contributed by atoms with E-state index in [4.69, 9.17) is 5.73 Å². The Kier molecular flexibility index (Phi) is 5.65. The molecule has 1 atom stereocenters. The Morgan fingerprint density at radius 1 is 1.21 bits per heavy atom. The Labute approximate surface area is 165 Å². The Bertz CT molecular complexity index is 1070. The first-order valence-electron chi connectivity index (χ1n) is 8.54. The quantitative estimate of drug-likeness (QED) is 0.658. The molecule has 8 nitrogen and oxygen atoms in total. The van der Waals surface area contributed by atoms with E-state index in [0.29, 0.717) is 16.5 Å². The number of carbonyl (C=O) groups is 2. The predicted molar refractivity (Wildman–Crippen MR) is 107 cm³/mol. The number of aromatic nitrogens is 3. The van der Waals surface area contributed by atoms with E-state index in [1.54, 1.807) is 18.4 Å². The summed E-state index contributed by atoms with van der Waals surface area (Å²) in [5.41, 5.74) is 7.80. The Morgan fingerprint density at radius 2 is 1.93 bits per heavy atom. The van der Waals surface area contributed by atoms with Crippen LogP contribution in [0.4, 0.5) is 5.13 Å². The molecule has 0 spiro atoms. The Balaban J connectivity index is 1.80. The van der Waals surface area contributed by atoms with E-state index in [-0.39, 0.29) is 12.0 Å². The van der Waals surface area contributed by atoms with E-state index < -0.39 is 17.9 Å². The van der Waals surface area contributed by atoms with Gasteiger partial charge in [-0.1, -0.05) is 29.8 Å². The van der Waals surface area contributed by atoms with Crippen LogP contribution in [0.5, 0.6) is 0 Å². The summed E-state index contributed by atoms with van der Waals surface area (Å²) in [6.45, 7) is 3.57. The second-order valence-corrected chi connectivity index (χ2v) is 7.18. The summed E-state index contributed by atoms with van der Waals surface area (Å²) in [6, 6.07) is 9.90.